The van der Waals surface area contributed by atoms with E-state index in [4.69, 9.17) is 4.84 Å². The van der Waals surface area contributed by atoms with Crippen molar-refractivity contribution in [2.45, 2.75) is 26.5 Å². The fourth-order valence-electron chi connectivity index (χ4n) is 2.97. The number of nitrogens with zero attached hydrogens (tertiary/aromatic N) is 2. The smallest absolute Gasteiger partial charge is 0.363 e. The molecule has 2 unspecified atom stereocenters. The highest BCUT2D eigenvalue weighted by Gasteiger charge is 2.43. The first-order valence-electron chi connectivity index (χ1n) is 8.19. The second-order valence-corrected chi connectivity index (χ2v) is 6.51. The third-order valence-electron chi connectivity index (χ3n) is 4.41. The Hall–Kier alpha value is -3.00. The van der Waals surface area contributed by atoms with Crippen molar-refractivity contribution in [3.05, 3.63) is 42.0 Å². The highest BCUT2D eigenvalue weighted by atomic mass is 16.7. The third-order valence-corrected chi connectivity index (χ3v) is 4.41. The third kappa shape index (κ3) is 3.11. The molecule has 1 fully saturated rings. The van der Waals surface area contributed by atoms with Crippen LogP contribution in [0, 0.1) is 11.8 Å². The monoisotopic (exact) mass is 358 g/mol. The number of hydrogen-bond donors (Lipinski definition) is 1. The van der Waals surface area contributed by atoms with E-state index < -0.39 is 35.8 Å². The summed E-state index contributed by atoms with van der Waals surface area (Å²) in [7, 11) is 0. The average molecular weight is 358 g/mol. The number of aliphatic hydroxyl groups is 1. The summed E-state index contributed by atoms with van der Waals surface area (Å²) in [6.07, 6.45) is 1.26. The Kier molecular flexibility index (Phi) is 4.60. The molecule has 1 aromatic rings. The van der Waals surface area contributed by atoms with Gasteiger partial charge in [0.15, 0.2) is 6.23 Å². The number of benzene rings is 1. The van der Waals surface area contributed by atoms with Gasteiger partial charge in [-0.15, -0.1) is 5.06 Å². The van der Waals surface area contributed by atoms with Gasteiger partial charge in [-0.2, -0.15) is 0 Å². The maximum atomic E-state index is 12.4. The molecule has 8 nitrogen and oxygen atoms in total. The number of imide groups is 1. The number of rotatable bonds is 4. The molecular formula is C18H18N2O6. The number of anilines is 1. The molecule has 2 atom stereocenters. The normalized spacial score (nSPS) is 22.7. The van der Waals surface area contributed by atoms with Crippen LogP contribution >= 0.6 is 0 Å². The van der Waals surface area contributed by atoms with Gasteiger partial charge in [-0.25, -0.2) is 9.69 Å². The molecule has 3 amide bonds. The molecule has 0 aliphatic carbocycles. The van der Waals surface area contributed by atoms with Crippen molar-refractivity contribution in [2.24, 2.45) is 11.8 Å². The summed E-state index contributed by atoms with van der Waals surface area (Å²) >= 11 is 0. The molecule has 0 saturated carbocycles. The molecule has 0 aromatic heterocycles. The van der Waals surface area contributed by atoms with Crippen molar-refractivity contribution >= 4 is 29.4 Å². The first kappa shape index (κ1) is 17.8. The highest BCUT2D eigenvalue weighted by molar-refractivity contribution is 6.28. The molecule has 26 heavy (non-hydrogen) atoms. The summed E-state index contributed by atoms with van der Waals surface area (Å²) in [4.78, 5) is 54.1. The maximum Gasteiger partial charge on any atom is 0.363 e. The van der Waals surface area contributed by atoms with E-state index in [-0.39, 0.29) is 23.6 Å². The Morgan fingerprint density at radius 2 is 1.85 bits per heavy atom. The zero-order valence-electron chi connectivity index (χ0n) is 14.3. The van der Waals surface area contributed by atoms with Crippen LogP contribution in [-0.4, -0.2) is 40.1 Å². The molecule has 136 valence electrons. The second-order valence-electron chi connectivity index (χ2n) is 6.51. The summed E-state index contributed by atoms with van der Waals surface area (Å²) in [5.74, 6) is -2.75. The minimum absolute atomic E-state index is 0.00358. The topological polar surface area (TPSA) is 104 Å². The zero-order chi connectivity index (χ0) is 19.0. The highest BCUT2D eigenvalue weighted by Crippen LogP contribution is 2.30. The van der Waals surface area contributed by atoms with Crippen molar-refractivity contribution in [3.63, 3.8) is 0 Å². The van der Waals surface area contributed by atoms with E-state index >= 15 is 0 Å². The summed E-state index contributed by atoms with van der Waals surface area (Å²) in [6.45, 7) is 3.70. The quantitative estimate of drug-likeness (QED) is 0.806. The van der Waals surface area contributed by atoms with Crippen molar-refractivity contribution < 1.29 is 29.1 Å². The Balaban J connectivity index is 1.77. The number of hydrogen-bond acceptors (Lipinski definition) is 6. The lowest BCUT2D eigenvalue weighted by Crippen LogP contribution is -2.36. The van der Waals surface area contributed by atoms with Gasteiger partial charge < -0.3 is 9.94 Å². The summed E-state index contributed by atoms with van der Waals surface area (Å²) in [6, 6.07) is 5.74. The Bertz CT molecular complexity index is 798. The lowest BCUT2D eigenvalue weighted by atomic mass is 9.94. The fraction of sp³-hybridized carbons (Fsp3) is 0.333. The lowest BCUT2D eigenvalue weighted by Gasteiger charge is -2.20. The summed E-state index contributed by atoms with van der Waals surface area (Å²) < 4.78 is 0. The van der Waals surface area contributed by atoms with Gasteiger partial charge in [0.1, 0.15) is 0 Å². The molecule has 1 saturated heterocycles. The van der Waals surface area contributed by atoms with Gasteiger partial charge in [0.25, 0.3) is 17.7 Å². The Morgan fingerprint density at radius 3 is 2.42 bits per heavy atom. The summed E-state index contributed by atoms with van der Waals surface area (Å²) in [5, 5.41) is 10.7. The van der Waals surface area contributed by atoms with Crippen LogP contribution in [0.1, 0.15) is 30.6 Å². The largest absolute Gasteiger partial charge is 0.370 e. The number of aliphatic hydroxyl groups excluding tert-OH is 1. The van der Waals surface area contributed by atoms with E-state index in [1.165, 1.54) is 24.3 Å². The molecule has 2 aliphatic heterocycles. The van der Waals surface area contributed by atoms with E-state index in [2.05, 4.69) is 0 Å². The Morgan fingerprint density at radius 1 is 1.19 bits per heavy atom. The van der Waals surface area contributed by atoms with Gasteiger partial charge in [0, 0.05) is 24.5 Å². The maximum absolute atomic E-state index is 12.4. The predicted molar refractivity (Wildman–Crippen MR) is 89.3 cm³/mol. The summed E-state index contributed by atoms with van der Waals surface area (Å²) in [5.41, 5.74) is 0.260. The SMILES string of the molecule is CC(C)C1CC(O)N(OC(=O)c2cccc(N3C(=O)C=CC3=O)c2)C1=O. The van der Waals surface area contributed by atoms with Crippen LogP contribution in [0.4, 0.5) is 5.69 Å². The number of hydroxylamine groups is 2. The van der Waals surface area contributed by atoms with Crippen molar-refractivity contribution in [2.75, 3.05) is 4.90 Å². The molecule has 0 bridgehead atoms. The average Bonchev–Trinajstić information content (AvgIpc) is 3.08. The van der Waals surface area contributed by atoms with E-state index in [1.807, 2.05) is 13.8 Å². The van der Waals surface area contributed by atoms with Crippen LogP contribution in [0.3, 0.4) is 0 Å². The predicted octanol–water partition coefficient (Wildman–Crippen LogP) is 1.01. The molecule has 3 rings (SSSR count). The first-order chi connectivity index (χ1) is 12.3. The fourth-order valence-corrected chi connectivity index (χ4v) is 2.97. The van der Waals surface area contributed by atoms with Gasteiger partial charge in [-0.05, 0) is 24.1 Å². The van der Waals surface area contributed by atoms with Gasteiger partial charge in [-0.3, -0.25) is 14.4 Å². The van der Waals surface area contributed by atoms with Crippen LogP contribution in [0.15, 0.2) is 36.4 Å². The van der Waals surface area contributed by atoms with Crippen molar-refractivity contribution in [1.29, 1.82) is 0 Å². The van der Waals surface area contributed by atoms with Crippen LogP contribution in [0.5, 0.6) is 0 Å². The lowest BCUT2D eigenvalue weighted by molar-refractivity contribution is -0.192. The number of carbonyl (C=O) groups excluding carboxylic acids is 4. The number of amides is 3. The minimum Gasteiger partial charge on any atom is -0.370 e. The number of carbonyl (C=O) groups is 4. The van der Waals surface area contributed by atoms with Gasteiger partial charge in [0.2, 0.25) is 0 Å². The molecule has 2 aliphatic rings. The molecule has 8 heteroatoms. The standard InChI is InChI=1S/C18H18N2O6/c1-10(2)13-9-16(23)20(17(13)24)26-18(25)11-4-3-5-12(8-11)19-14(21)6-7-15(19)22/h3-8,10,13,16,23H,9H2,1-2H3. The van der Waals surface area contributed by atoms with Gasteiger partial charge in [-0.1, -0.05) is 19.9 Å². The first-order valence-corrected chi connectivity index (χ1v) is 8.19. The van der Waals surface area contributed by atoms with Crippen molar-refractivity contribution in [1.82, 2.24) is 5.06 Å². The zero-order valence-corrected chi connectivity index (χ0v) is 14.3. The van der Waals surface area contributed by atoms with E-state index in [1.54, 1.807) is 0 Å². The van der Waals surface area contributed by atoms with Crippen molar-refractivity contribution in [3.8, 4) is 0 Å². The molecule has 1 aromatic carbocycles. The molecule has 0 radical (unpaired) electrons. The van der Waals surface area contributed by atoms with Crippen LogP contribution in [0.25, 0.3) is 0 Å². The van der Waals surface area contributed by atoms with E-state index in [0.717, 1.165) is 17.1 Å². The Labute approximate surface area is 149 Å². The molecular weight excluding hydrogens is 340 g/mol. The van der Waals surface area contributed by atoms with E-state index in [9.17, 15) is 24.3 Å². The molecule has 0 spiro atoms. The van der Waals surface area contributed by atoms with E-state index in [0.29, 0.717) is 5.06 Å². The van der Waals surface area contributed by atoms with Gasteiger partial charge in [0.05, 0.1) is 11.3 Å². The molecule has 2 heterocycles. The minimum atomic E-state index is -1.20. The van der Waals surface area contributed by atoms with Gasteiger partial charge >= 0.3 is 5.97 Å². The van der Waals surface area contributed by atoms with Crippen LogP contribution in [0.2, 0.25) is 0 Å². The second kappa shape index (κ2) is 6.72. The molecule has 1 N–H and O–H groups in total. The van der Waals surface area contributed by atoms with Crippen LogP contribution < -0.4 is 4.90 Å². The van der Waals surface area contributed by atoms with Crippen LogP contribution in [-0.2, 0) is 19.2 Å².